The number of aromatic amines is 1. The van der Waals surface area contributed by atoms with E-state index in [0.717, 1.165) is 30.6 Å². The molecule has 1 fully saturated rings. The van der Waals surface area contributed by atoms with E-state index < -0.39 is 0 Å². The zero-order valence-electron chi connectivity index (χ0n) is 14.0. The van der Waals surface area contributed by atoms with Crippen LogP contribution in [0.25, 0.3) is 11.2 Å². The minimum absolute atomic E-state index is 0.0553. The number of amides is 1. The number of likely N-dealkylation sites (N-methyl/N-ethyl adjacent to an activating group) is 1. The molecule has 1 atom stereocenters. The van der Waals surface area contributed by atoms with Gasteiger partial charge in [0.1, 0.15) is 11.8 Å². The fourth-order valence-corrected chi connectivity index (χ4v) is 3.36. The predicted octanol–water partition coefficient (Wildman–Crippen LogP) is 1.55. The number of nitrogens with one attached hydrogen (secondary N) is 1. The molecule has 0 unspecified atom stereocenters. The van der Waals surface area contributed by atoms with E-state index in [0.29, 0.717) is 11.5 Å². The number of fused-ring (bicyclic) bond motifs is 1. The monoisotopic (exact) mass is 337 g/mol. The van der Waals surface area contributed by atoms with Crippen molar-refractivity contribution in [2.75, 3.05) is 25.0 Å². The number of carbonyl (C=O) groups is 1. The van der Waals surface area contributed by atoms with Crippen molar-refractivity contribution in [3.63, 3.8) is 0 Å². The third-order valence-corrected chi connectivity index (χ3v) is 4.54. The van der Waals surface area contributed by atoms with Gasteiger partial charge in [-0.15, -0.1) is 0 Å². The van der Waals surface area contributed by atoms with Gasteiger partial charge in [-0.25, -0.2) is 15.0 Å². The van der Waals surface area contributed by atoms with Crippen molar-refractivity contribution >= 4 is 22.9 Å². The average Bonchev–Trinajstić information content (AvgIpc) is 3.31. The lowest BCUT2D eigenvalue weighted by atomic mass is 10.1. The van der Waals surface area contributed by atoms with Crippen LogP contribution in [0.4, 0.5) is 5.82 Å². The first-order valence-electron chi connectivity index (χ1n) is 8.29. The topological polar surface area (TPSA) is 90.9 Å². The van der Waals surface area contributed by atoms with Gasteiger partial charge in [0.15, 0.2) is 11.5 Å². The summed E-state index contributed by atoms with van der Waals surface area (Å²) in [7, 11) is 1.85. The minimum Gasteiger partial charge on any atom is -0.348 e. The SMILES string of the molecule is CN(CC(=O)N1CCC[C@H]1c1ccccn1)c1ncnc2nc[nH]c12. The number of likely N-dealkylation sites (tertiary alicyclic amines) is 1. The fraction of sp³-hybridized carbons (Fsp3) is 0.353. The number of carbonyl (C=O) groups excluding carboxylic acids is 1. The Balaban J connectivity index is 1.52. The Morgan fingerprint density at radius 2 is 2.24 bits per heavy atom. The van der Waals surface area contributed by atoms with E-state index in [9.17, 15) is 4.79 Å². The number of imidazole rings is 1. The number of aromatic nitrogens is 5. The molecule has 0 bridgehead atoms. The lowest BCUT2D eigenvalue weighted by Crippen LogP contribution is -2.39. The molecular formula is C17H19N7O. The molecule has 128 valence electrons. The highest BCUT2D eigenvalue weighted by Gasteiger charge is 2.31. The minimum atomic E-state index is 0.0553. The van der Waals surface area contributed by atoms with Gasteiger partial charge in [-0.1, -0.05) is 6.07 Å². The van der Waals surface area contributed by atoms with Crippen LogP contribution in [0.2, 0.25) is 0 Å². The summed E-state index contributed by atoms with van der Waals surface area (Å²) in [6.45, 7) is 1.01. The first-order valence-corrected chi connectivity index (χ1v) is 8.29. The third kappa shape index (κ3) is 2.90. The maximum Gasteiger partial charge on any atom is 0.242 e. The number of rotatable bonds is 4. The number of hydrogen-bond acceptors (Lipinski definition) is 6. The predicted molar refractivity (Wildman–Crippen MR) is 92.9 cm³/mol. The fourth-order valence-electron chi connectivity index (χ4n) is 3.36. The summed E-state index contributed by atoms with van der Waals surface area (Å²) in [4.78, 5) is 36.6. The van der Waals surface area contributed by atoms with E-state index >= 15 is 0 Å². The normalized spacial score (nSPS) is 17.2. The Kier molecular flexibility index (Phi) is 4.01. The summed E-state index contributed by atoms with van der Waals surface area (Å²) in [6.07, 6.45) is 6.76. The van der Waals surface area contributed by atoms with Crippen molar-refractivity contribution in [3.05, 3.63) is 42.7 Å². The lowest BCUT2D eigenvalue weighted by Gasteiger charge is -2.27. The van der Waals surface area contributed by atoms with E-state index in [4.69, 9.17) is 0 Å². The van der Waals surface area contributed by atoms with Gasteiger partial charge in [0.05, 0.1) is 24.6 Å². The first kappa shape index (κ1) is 15.5. The first-order chi connectivity index (χ1) is 12.2. The van der Waals surface area contributed by atoms with Crippen molar-refractivity contribution in [2.24, 2.45) is 0 Å². The number of nitrogens with zero attached hydrogens (tertiary/aromatic N) is 6. The molecule has 3 aromatic heterocycles. The molecule has 1 saturated heterocycles. The summed E-state index contributed by atoms with van der Waals surface area (Å²) in [6, 6.07) is 5.90. The van der Waals surface area contributed by atoms with Crippen LogP contribution in [0, 0.1) is 0 Å². The molecule has 0 radical (unpaired) electrons. The van der Waals surface area contributed by atoms with Gasteiger partial charge in [0.2, 0.25) is 5.91 Å². The van der Waals surface area contributed by atoms with E-state index in [-0.39, 0.29) is 18.5 Å². The van der Waals surface area contributed by atoms with E-state index in [1.165, 1.54) is 6.33 Å². The maximum absolute atomic E-state index is 12.9. The number of anilines is 1. The van der Waals surface area contributed by atoms with Gasteiger partial charge in [0.25, 0.3) is 0 Å². The van der Waals surface area contributed by atoms with E-state index in [1.54, 1.807) is 12.5 Å². The number of hydrogen-bond donors (Lipinski definition) is 1. The second-order valence-corrected chi connectivity index (χ2v) is 6.15. The molecule has 3 aromatic rings. The Labute approximate surface area is 144 Å². The summed E-state index contributed by atoms with van der Waals surface area (Å²) >= 11 is 0. The number of H-pyrrole nitrogens is 1. The molecule has 0 spiro atoms. The Morgan fingerprint density at radius 3 is 3.08 bits per heavy atom. The van der Waals surface area contributed by atoms with Crippen LogP contribution in [0.15, 0.2) is 37.1 Å². The molecule has 1 aliphatic heterocycles. The maximum atomic E-state index is 12.9. The summed E-state index contributed by atoms with van der Waals surface area (Å²) < 4.78 is 0. The highest BCUT2D eigenvalue weighted by molar-refractivity contribution is 5.87. The van der Waals surface area contributed by atoms with Gasteiger partial charge < -0.3 is 14.8 Å². The third-order valence-electron chi connectivity index (χ3n) is 4.54. The molecule has 25 heavy (non-hydrogen) atoms. The Morgan fingerprint density at radius 1 is 1.32 bits per heavy atom. The Bertz CT molecular complexity index is 879. The second-order valence-electron chi connectivity index (χ2n) is 6.15. The molecule has 4 rings (SSSR count). The zero-order valence-corrected chi connectivity index (χ0v) is 14.0. The molecule has 0 aromatic carbocycles. The van der Waals surface area contributed by atoms with Crippen LogP contribution in [-0.4, -0.2) is 55.9 Å². The molecule has 1 N–H and O–H groups in total. The van der Waals surface area contributed by atoms with E-state index in [2.05, 4.69) is 24.9 Å². The van der Waals surface area contributed by atoms with Crippen LogP contribution in [0.1, 0.15) is 24.6 Å². The highest BCUT2D eigenvalue weighted by Crippen LogP contribution is 2.31. The van der Waals surface area contributed by atoms with Crippen LogP contribution in [-0.2, 0) is 4.79 Å². The highest BCUT2D eigenvalue weighted by atomic mass is 16.2. The van der Waals surface area contributed by atoms with Crippen LogP contribution < -0.4 is 4.90 Å². The van der Waals surface area contributed by atoms with Crippen LogP contribution in [0.5, 0.6) is 0 Å². The average molecular weight is 337 g/mol. The number of pyridine rings is 1. The molecule has 1 aliphatic rings. The van der Waals surface area contributed by atoms with Gasteiger partial charge in [0, 0.05) is 19.8 Å². The van der Waals surface area contributed by atoms with E-state index in [1.807, 2.05) is 35.0 Å². The van der Waals surface area contributed by atoms with Gasteiger partial charge in [-0.05, 0) is 25.0 Å². The molecule has 1 amide bonds. The second kappa shape index (κ2) is 6.46. The standard InChI is InChI=1S/C17H19N7O/c1-23(17-15-16(20-10-19-15)21-11-22-17)9-14(25)24-8-4-6-13(24)12-5-2-3-7-18-12/h2-3,5,7,10-11,13H,4,6,8-9H2,1H3,(H,19,20,21,22)/t13-/m0/s1. The summed E-state index contributed by atoms with van der Waals surface area (Å²) in [5.74, 6) is 0.742. The zero-order chi connectivity index (χ0) is 17.2. The van der Waals surface area contributed by atoms with Gasteiger partial charge in [-0.3, -0.25) is 9.78 Å². The van der Waals surface area contributed by atoms with Crippen molar-refractivity contribution < 1.29 is 4.79 Å². The van der Waals surface area contributed by atoms with Crippen molar-refractivity contribution in [2.45, 2.75) is 18.9 Å². The molecule has 8 nitrogen and oxygen atoms in total. The Hall–Kier alpha value is -3.03. The quantitative estimate of drug-likeness (QED) is 0.777. The van der Waals surface area contributed by atoms with Gasteiger partial charge in [-0.2, -0.15) is 0 Å². The van der Waals surface area contributed by atoms with Crippen molar-refractivity contribution in [1.29, 1.82) is 0 Å². The van der Waals surface area contributed by atoms with Crippen molar-refractivity contribution in [1.82, 2.24) is 29.8 Å². The molecule has 0 saturated carbocycles. The molecule has 8 heteroatoms. The van der Waals surface area contributed by atoms with Crippen LogP contribution in [0.3, 0.4) is 0 Å². The summed E-state index contributed by atoms with van der Waals surface area (Å²) in [5.41, 5.74) is 2.28. The van der Waals surface area contributed by atoms with Gasteiger partial charge >= 0.3 is 0 Å². The lowest BCUT2D eigenvalue weighted by molar-refractivity contribution is -0.130. The van der Waals surface area contributed by atoms with Crippen molar-refractivity contribution in [3.8, 4) is 0 Å². The largest absolute Gasteiger partial charge is 0.348 e. The summed E-state index contributed by atoms with van der Waals surface area (Å²) in [5, 5.41) is 0. The molecule has 0 aliphatic carbocycles. The molecule has 4 heterocycles. The smallest absolute Gasteiger partial charge is 0.242 e. The van der Waals surface area contributed by atoms with Crippen LogP contribution >= 0.6 is 0 Å². The molecular weight excluding hydrogens is 318 g/mol.